The summed E-state index contributed by atoms with van der Waals surface area (Å²) in [5, 5.41) is 2.28. The molecule has 5 heteroatoms. The molecule has 0 saturated carbocycles. The van der Waals surface area contributed by atoms with E-state index in [-0.39, 0.29) is 27.6 Å². The topological polar surface area (TPSA) is 40.6 Å². The van der Waals surface area contributed by atoms with Crippen molar-refractivity contribution in [3.63, 3.8) is 0 Å². The summed E-state index contributed by atoms with van der Waals surface area (Å²) in [5.41, 5.74) is 0.977. The third-order valence-electron chi connectivity index (χ3n) is 5.10. The molecule has 25 heavy (non-hydrogen) atoms. The molecular formula is C20H22N2O2S. The van der Waals surface area contributed by atoms with Crippen molar-refractivity contribution < 1.29 is 9.59 Å². The zero-order chi connectivity index (χ0) is 18.0. The third-order valence-corrected chi connectivity index (χ3v) is 6.55. The molecule has 2 aromatic carbocycles. The Morgan fingerprint density at radius 2 is 1.68 bits per heavy atom. The van der Waals surface area contributed by atoms with Gasteiger partial charge in [-0.3, -0.25) is 14.6 Å². The van der Waals surface area contributed by atoms with Crippen LogP contribution < -0.4 is 0 Å². The highest BCUT2D eigenvalue weighted by Gasteiger charge is 2.63. The largest absolute Gasteiger partial charge is 0.328 e. The van der Waals surface area contributed by atoms with Gasteiger partial charge in [0.25, 0.3) is 5.91 Å². The molecule has 2 fully saturated rings. The number of imide groups is 1. The average Bonchev–Trinajstić information content (AvgIpc) is 2.91. The normalized spacial score (nSPS) is 24.2. The van der Waals surface area contributed by atoms with Crippen LogP contribution in [0.3, 0.4) is 0 Å². The van der Waals surface area contributed by atoms with E-state index in [1.165, 1.54) is 4.90 Å². The first-order valence-corrected chi connectivity index (χ1v) is 9.35. The molecule has 1 unspecified atom stereocenters. The number of fused-ring (bicyclic) bond motifs is 2. The summed E-state index contributed by atoms with van der Waals surface area (Å²) in [4.78, 5) is 28.8. The maximum Gasteiger partial charge on any atom is 0.328 e. The molecule has 0 spiro atoms. The number of carbonyl (C=O) groups excluding carboxylic acids is 2. The van der Waals surface area contributed by atoms with Crippen molar-refractivity contribution in [2.75, 3.05) is 0 Å². The number of benzene rings is 2. The number of carbonyl (C=O) groups is 2. The maximum absolute atomic E-state index is 13.0. The molecule has 0 N–H and O–H groups in total. The number of rotatable bonds is 2. The average molecular weight is 354 g/mol. The second-order valence-corrected chi connectivity index (χ2v) is 10.1. The molecule has 130 valence electrons. The number of amides is 3. The summed E-state index contributed by atoms with van der Waals surface area (Å²) >= 11 is 1.69. The lowest BCUT2D eigenvalue weighted by Crippen LogP contribution is -2.45. The molecule has 0 radical (unpaired) electrons. The summed E-state index contributed by atoms with van der Waals surface area (Å²) in [5.74, 6) is -0.0822. The molecular weight excluding hydrogens is 332 g/mol. The molecule has 2 aliphatic rings. The van der Waals surface area contributed by atoms with Crippen LogP contribution in [0.15, 0.2) is 42.5 Å². The molecule has 3 amide bonds. The first-order chi connectivity index (χ1) is 11.7. The quantitative estimate of drug-likeness (QED) is 0.758. The molecule has 2 aliphatic heterocycles. The summed E-state index contributed by atoms with van der Waals surface area (Å²) in [6, 6.07) is 13.6. The lowest BCUT2D eigenvalue weighted by molar-refractivity contribution is -0.129. The number of hydrogen-bond acceptors (Lipinski definition) is 3. The first kappa shape index (κ1) is 16.5. The van der Waals surface area contributed by atoms with E-state index in [2.05, 4.69) is 26.0 Å². The minimum atomic E-state index is -0.388. The van der Waals surface area contributed by atoms with E-state index in [0.717, 1.165) is 16.3 Å². The second-order valence-electron chi connectivity index (χ2n) is 7.81. The molecule has 4 nitrogen and oxygen atoms in total. The lowest BCUT2D eigenvalue weighted by Gasteiger charge is -2.29. The standard InChI is InChI=1S/C20H22N2O2S/c1-19(2)16-17(23)21(18(24)22(16)20(3,4)25-19)12-13-9-10-14-7-5-6-8-15(14)11-13/h5-11,16H,12H2,1-4H3. The Balaban J connectivity index is 1.67. The molecule has 4 rings (SSSR count). The monoisotopic (exact) mass is 354 g/mol. The zero-order valence-corrected chi connectivity index (χ0v) is 15.8. The molecule has 1 atom stereocenters. The van der Waals surface area contributed by atoms with Gasteiger partial charge in [-0.15, -0.1) is 11.8 Å². The van der Waals surface area contributed by atoms with Gasteiger partial charge < -0.3 is 0 Å². The Morgan fingerprint density at radius 1 is 1.00 bits per heavy atom. The van der Waals surface area contributed by atoms with Crippen LogP contribution in [0.5, 0.6) is 0 Å². The van der Waals surface area contributed by atoms with Crippen LogP contribution >= 0.6 is 11.8 Å². The highest BCUT2D eigenvalue weighted by Crippen LogP contribution is 2.54. The maximum atomic E-state index is 13.0. The van der Waals surface area contributed by atoms with E-state index in [1.54, 1.807) is 16.7 Å². The fraction of sp³-hybridized carbons (Fsp3) is 0.400. The van der Waals surface area contributed by atoms with Crippen molar-refractivity contribution in [3.05, 3.63) is 48.0 Å². The Hall–Kier alpha value is -2.01. The molecule has 0 aliphatic carbocycles. The Morgan fingerprint density at radius 3 is 2.36 bits per heavy atom. The number of nitrogens with zero attached hydrogens (tertiary/aromatic N) is 2. The molecule has 2 heterocycles. The van der Waals surface area contributed by atoms with Crippen molar-refractivity contribution in [3.8, 4) is 0 Å². The highest BCUT2D eigenvalue weighted by atomic mass is 32.2. The second kappa shape index (κ2) is 5.24. The molecule has 0 bridgehead atoms. The minimum Gasteiger partial charge on any atom is -0.297 e. The molecule has 0 aromatic heterocycles. The summed E-state index contributed by atoms with van der Waals surface area (Å²) < 4.78 is -0.283. The smallest absolute Gasteiger partial charge is 0.297 e. The van der Waals surface area contributed by atoms with Gasteiger partial charge >= 0.3 is 6.03 Å². The van der Waals surface area contributed by atoms with E-state index in [4.69, 9.17) is 0 Å². The number of urea groups is 1. The predicted octanol–water partition coefficient (Wildman–Crippen LogP) is 4.23. The fourth-order valence-electron chi connectivity index (χ4n) is 4.16. The van der Waals surface area contributed by atoms with Crippen LogP contribution in [0, 0.1) is 0 Å². The van der Waals surface area contributed by atoms with Gasteiger partial charge in [-0.2, -0.15) is 0 Å². The Bertz CT molecular complexity index is 858. The number of hydrogen-bond donors (Lipinski definition) is 0. The lowest BCUT2D eigenvalue weighted by atomic mass is 10.0. The minimum absolute atomic E-state index is 0.0822. The van der Waals surface area contributed by atoms with E-state index in [1.807, 2.05) is 44.2 Å². The van der Waals surface area contributed by atoms with Gasteiger partial charge in [0, 0.05) is 4.75 Å². The number of thioether (sulfide) groups is 1. The summed E-state index contributed by atoms with van der Waals surface area (Å²) in [6.07, 6.45) is 0. The van der Waals surface area contributed by atoms with Gasteiger partial charge in [0.1, 0.15) is 6.04 Å². The predicted molar refractivity (Wildman–Crippen MR) is 101 cm³/mol. The summed E-state index contributed by atoms with van der Waals surface area (Å²) in [6.45, 7) is 8.46. The van der Waals surface area contributed by atoms with Crippen LogP contribution in [0.4, 0.5) is 4.79 Å². The van der Waals surface area contributed by atoms with Gasteiger partial charge in [-0.05, 0) is 50.1 Å². The van der Waals surface area contributed by atoms with Gasteiger partial charge in [0.05, 0.1) is 11.4 Å². The van der Waals surface area contributed by atoms with Crippen LogP contribution in [0.25, 0.3) is 10.8 Å². The van der Waals surface area contributed by atoms with Crippen LogP contribution in [0.2, 0.25) is 0 Å². The van der Waals surface area contributed by atoms with Crippen molar-refractivity contribution in [1.82, 2.24) is 9.80 Å². The van der Waals surface area contributed by atoms with E-state index in [9.17, 15) is 9.59 Å². The zero-order valence-electron chi connectivity index (χ0n) is 14.9. The van der Waals surface area contributed by atoms with Crippen LogP contribution in [-0.4, -0.2) is 37.4 Å². The fourth-order valence-corrected chi connectivity index (χ4v) is 6.04. The summed E-state index contributed by atoms with van der Waals surface area (Å²) in [7, 11) is 0. The van der Waals surface area contributed by atoms with Crippen LogP contribution in [0.1, 0.15) is 33.3 Å². The van der Waals surface area contributed by atoms with Crippen molar-refractivity contribution in [2.24, 2.45) is 0 Å². The SMILES string of the molecule is CC1(C)SC(C)(C)N2C(=O)N(Cc3ccc4ccccc4c3)C(=O)C21. The van der Waals surface area contributed by atoms with E-state index in [0.29, 0.717) is 6.54 Å². The van der Waals surface area contributed by atoms with E-state index >= 15 is 0 Å². The van der Waals surface area contributed by atoms with Crippen molar-refractivity contribution >= 4 is 34.5 Å². The Kier molecular flexibility index (Phi) is 3.45. The Labute approximate surface area is 152 Å². The van der Waals surface area contributed by atoms with E-state index < -0.39 is 0 Å². The van der Waals surface area contributed by atoms with Crippen molar-refractivity contribution in [1.29, 1.82) is 0 Å². The first-order valence-electron chi connectivity index (χ1n) is 8.53. The van der Waals surface area contributed by atoms with Gasteiger partial charge in [0.15, 0.2) is 0 Å². The van der Waals surface area contributed by atoms with Crippen molar-refractivity contribution in [2.45, 2.75) is 49.9 Å². The third kappa shape index (κ3) is 2.44. The molecule has 2 aromatic rings. The van der Waals surface area contributed by atoms with Gasteiger partial charge in [-0.1, -0.05) is 36.4 Å². The van der Waals surface area contributed by atoms with Gasteiger partial charge in [-0.25, -0.2) is 4.79 Å². The van der Waals surface area contributed by atoms with Crippen LogP contribution in [-0.2, 0) is 11.3 Å². The highest BCUT2D eigenvalue weighted by molar-refractivity contribution is 8.02. The van der Waals surface area contributed by atoms with Gasteiger partial charge in [0.2, 0.25) is 0 Å². The molecule has 2 saturated heterocycles.